The van der Waals surface area contributed by atoms with Gasteiger partial charge in [0.2, 0.25) is 0 Å². The highest BCUT2D eigenvalue weighted by Gasteiger charge is 2.49. The first kappa shape index (κ1) is 24.0. The van der Waals surface area contributed by atoms with Gasteiger partial charge in [0, 0.05) is 52.9 Å². The summed E-state index contributed by atoms with van der Waals surface area (Å²) in [5.74, 6) is -0.541. The lowest BCUT2D eigenvalue weighted by molar-refractivity contribution is -0.138. The van der Waals surface area contributed by atoms with E-state index in [1.165, 1.54) is 0 Å². The molecule has 34 heavy (non-hydrogen) atoms. The van der Waals surface area contributed by atoms with Crippen molar-refractivity contribution in [1.82, 2.24) is 4.90 Å². The van der Waals surface area contributed by atoms with Gasteiger partial charge in [-0.15, -0.1) is 0 Å². The van der Waals surface area contributed by atoms with Crippen LogP contribution in [0, 0.1) is 10.8 Å². The van der Waals surface area contributed by atoms with E-state index in [1.54, 1.807) is 31.3 Å². The van der Waals surface area contributed by atoms with Crippen molar-refractivity contribution in [3.05, 3.63) is 46.3 Å². The summed E-state index contributed by atoms with van der Waals surface area (Å²) in [6, 6.07) is 5.41. The van der Waals surface area contributed by atoms with Crippen LogP contribution in [0.2, 0.25) is 0 Å². The highest BCUT2D eigenvalue weighted by molar-refractivity contribution is 6.07. The van der Waals surface area contributed by atoms with Crippen molar-refractivity contribution < 1.29 is 29.0 Å². The van der Waals surface area contributed by atoms with Crippen LogP contribution in [0.3, 0.4) is 0 Å². The Bertz CT molecular complexity index is 1090. The standard InChI is InChI=1S/C27H33NO6/c1-26(2)10-17-24(19(29)12-26)23(16-8-7-15(33-5)9-21(16)34-6)25-18(28(17)14-22(31)32)11-27(3,4)13-20(25)30/h7-9,23H,10-14H2,1-6H3,(H,31,32). The van der Waals surface area contributed by atoms with E-state index in [-0.39, 0.29) is 28.9 Å². The first-order chi connectivity index (χ1) is 15.9. The van der Waals surface area contributed by atoms with Gasteiger partial charge in [-0.05, 0) is 29.7 Å². The first-order valence-electron chi connectivity index (χ1n) is 11.6. The lowest BCUT2D eigenvalue weighted by atomic mass is 9.63. The van der Waals surface area contributed by atoms with Gasteiger partial charge in [-0.25, -0.2) is 0 Å². The van der Waals surface area contributed by atoms with E-state index in [1.807, 2.05) is 33.8 Å². The largest absolute Gasteiger partial charge is 0.497 e. The molecule has 7 nitrogen and oxygen atoms in total. The van der Waals surface area contributed by atoms with Gasteiger partial charge in [0.25, 0.3) is 0 Å². The normalized spacial score (nSPS) is 21.9. The number of ketones is 2. The van der Waals surface area contributed by atoms with Crippen molar-refractivity contribution in [1.29, 1.82) is 0 Å². The summed E-state index contributed by atoms with van der Waals surface area (Å²) in [7, 11) is 3.12. The summed E-state index contributed by atoms with van der Waals surface area (Å²) in [4.78, 5) is 41.0. The third-order valence-electron chi connectivity index (χ3n) is 7.07. The van der Waals surface area contributed by atoms with E-state index in [0.29, 0.717) is 48.3 Å². The maximum Gasteiger partial charge on any atom is 0.323 e. The molecule has 0 amide bonds. The van der Waals surface area contributed by atoms with Crippen LogP contribution in [0.1, 0.15) is 64.9 Å². The molecule has 2 aliphatic carbocycles. The van der Waals surface area contributed by atoms with E-state index in [9.17, 15) is 19.5 Å². The Balaban J connectivity index is 2.04. The van der Waals surface area contributed by atoms with Gasteiger partial charge in [-0.2, -0.15) is 0 Å². The average Bonchev–Trinajstić information content (AvgIpc) is 2.72. The van der Waals surface area contributed by atoms with E-state index in [2.05, 4.69) is 0 Å². The molecule has 0 bridgehead atoms. The molecule has 1 aromatic rings. The number of nitrogens with zero attached hydrogens (tertiary/aromatic N) is 1. The molecule has 1 heterocycles. The number of aliphatic carboxylic acids is 1. The summed E-state index contributed by atoms with van der Waals surface area (Å²) >= 11 is 0. The third-order valence-corrected chi connectivity index (χ3v) is 7.07. The van der Waals surface area contributed by atoms with Gasteiger partial charge < -0.3 is 19.5 Å². The molecular weight excluding hydrogens is 434 g/mol. The van der Waals surface area contributed by atoms with Crippen LogP contribution in [-0.2, 0) is 14.4 Å². The maximum atomic E-state index is 13.7. The molecule has 1 aromatic carbocycles. The molecule has 0 fully saturated rings. The number of Topliss-reactive ketones (excluding diaryl/α,β-unsaturated/α-hetero) is 2. The summed E-state index contributed by atoms with van der Waals surface area (Å²) < 4.78 is 11.0. The predicted octanol–water partition coefficient (Wildman–Crippen LogP) is 4.47. The minimum atomic E-state index is -0.995. The van der Waals surface area contributed by atoms with Crippen LogP contribution >= 0.6 is 0 Å². The number of carbonyl (C=O) groups is 3. The molecule has 0 spiro atoms. The van der Waals surface area contributed by atoms with Crippen molar-refractivity contribution in [2.75, 3.05) is 20.8 Å². The van der Waals surface area contributed by atoms with Crippen LogP contribution < -0.4 is 9.47 Å². The average molecular weight is 468 g/mol. The summed E-state index contributed by atoms with van der Waals surface area (Å²) in [6.07, 6.45) is 1.79. The van der Waals surface area contributed by atoms with Crippen LogP contribution in [-0.4, -0.2) is 48.3 Å². The zero-order chi connectivity index (χ0) is 25.0. The van der Waals surface area contributed by atoms with E-state index in [0.717, 1.165) is 17.0 Å². The van der Waals surface area contributed by atoms with Gasteiger partial charge >= 0.3 is 5.97 Å². The second-order valence-corrected chi connectivity index (χ2v) is 11.1. The number of carbonyl (C=O) groups excluding carboxylic acids is 2. The van der Waals surface area contributed by atoms with Crippen molar-refractivity contribution >= 4 is 17.5 Å². The van der Waals surface area contributed by atoms with Crippen LogP contribution in [0.4, 0.5) is 0 Å². The fourth-order valence-electron chi connectivity index (χ4n) is 5.74. The maximum absolute atomic E-state index is 13.7. The zero-order valence-electron chi connectivity index (χ0n) is 20.8. The SMILES string of the molecule is COc1ccc(C2C3=C(CC(C)(C)CC3=O)N(CC(=O)O)C3=C2C(=O)CC(C)(C)C3)c(OC)c1. The Kier molecular flexibility index (Phi) is 5.86. The summed E-state index contributed by atoms with van der Waals surface area (Å²) in [5, 5.41) is 9.77. The second-order valence-electron chi connectivity index (χ2n) is 11.1. The molecule has 4 rings (SSSR count). The number of hydrogen-bond acceptors (Lipinski definition) is 6. The Labute approximate surface area is 200 Å². The molecule has 0 atom stereocenters. The molecule has 7 heteroatoms. The summed E-state index contributed by atoms with van der Waals surface area (Å²) in [6.45, 7) is 7.82. The van der Waals surface area contributed by atoms with Gasteiger partial charge in [-0.1, -0.05) is 33.8 Å². The molecule has 1 aliphatic heterocycles. The molecule has 3 aliphatic rings. The first-order valence-corrected chi connectivity index (χ1v) is 11.6. The third kappa shape index (κ3) is 4.12. The molecule has 1 N–H and O–H groups in total. The fraction of sp³-hybridized carbons (Fsp3) is 0.519. The molecular formula is C27H33NO6. The predicted molar refractivity (Wildman–Crippen MR) is 127 cm³/mol. The van der Waals surface area contributed by atoms with Gasteiger partial charge in [0.15, 0.2) is 11.6 Å². The molecule has 0 unspecified atom stereocenters. The smallest absolute Gasteiger partial charge is 0.323 e. The van der Waals surface area contributed by atoms with Gasteiger partial charge in [0.1, 0.15) is 18.0 Å². The lowest BCUT2D eigenvalue weighted by Crippen LogP contribution is -2.45. The lowest BCUT2D eigenvalue weighted by Gasteiger charge is -2.48. The van der Waals surface area contributed by atoms with E-state index < -0.39 is 11.9 Å². The fourth-order valence-corrected chi connectivity index (χ4v) is 5.74. The number of hydrogen-bond donors (Lipinski definition) is 1. The van der Waals surface area contributed by atoms with E-state index >= 15 is 0 Å². The number of benzene rings is 1. The molecule has 0 aromatic heterocycles. The van der Waals surface area contributed by atoms with Crippen molar-refractivity contribution in [2.45, 2.75) is 59.3 Å². The number of ether oxygens (including phenoxy) is 2. The number of methoxy groups -OCH3 is 2. The minimum Gasteiger partial charge on any atom is -0.497 e. The van der Waals surface area contributed by atoms with Crippen molar-refractivity contribution in [3.63, 3.8) is 0 Å². The number of carboxylic acids is 1. The Hall–Kier alpha value is -3.09. The Morgan fingerprint density at radius 1 is 0.941 bits per heavy atom. The van der Waals surface area contributed by atoms with Crippen LogP contribution in [0.25, 0.3) is 0 Å². The zero-order valence-corrected chi connectivity index (χ0v) is 20.8. The van der Waals surface area contributed by atoms with Crippen LogP contribution in [0.15, 0.2) is 40.7 Å². The second kappa shape index (κ2) is 8.29. The topological polar surface area (TPSA) is 93.1 Å². The molecule has 0 radical (unpaired) electrons. The quantitative estimate of drug-likeness (QED) is 0.683. The highest BCUT2D eigenvalue weighted by atomic mass is 16.5. The number of allylic oxidation sites excluding steroid dienone is 4. The molecule has 0 saturated heterocycles. The van der Waals surface area contributed by atoms with Gasteiger partial charge in [-0.3, -0.25) is 14.4 Å². The molecule has 0 saturated carbocycles. The van der Waals surface area contributed by atoms with Crippen molar-refractivity contribution in [3.8, 4) is 11.5 Å². The minimum absolute atomic E-state index is 0.0475. The molecule has 182 valence electrons. The Morgan fingerprint density at radius 3 is 1.91 bits per heavy atom. The number of rotatable bonds is 5. The Morgan fingerprint density at radius 2 is 1.47 bits per heavy atom. The van der Waals surface area contributed by atoms with Crippen molar-refractivity contribution in [2.24, 2.45) is 10.8 Å². The highest BCUT2D eigenvalue weighted by Crippen LogP contribution is 2.55. The number of carboxylic acid groups (broad SMARTS) is 1. The monoisotopic (exact) mass is 467 g/mol. The van der Waals surface area contributed by atoms with E-state index in [4.69, 9.17) is 9.47 Å². The van der Waals surface area contributed by atoms with Gasteiger partial charge in [0.05, 0.1) is 14.2 Å². The van der Waals surface area contributed by atoms with Crippen LogP contribution in [0.5, 0.6) is 11.5 Å². The summed E-state index contributed by atoms with van der Waals surface area (Å²) in [5.41, 5.74) is 2.58.